The van der Waals surface area contributed by atoms with Crippen molar-refractivity contribution >= 4 is 0 Å². The summed E-state index contributed by atoms with van der Waals surface area (Å²) in [5, 5.41) is 0. The van der Waals surface area contributed by atoms with Crippen molar-refractivity contribution in [3.63, 3.8) is 0 Å². The Labute approximate surface area is 99.8 Å². The third kappa shape index (κ3) is 5.32. The van der Waals surface area contributed by atoms with E-state index in [2.05, 4.69) is 52.0 Å². The first-order chi connectivity index (χ1) is 7.58. The van der Waals surface area contributed by atoms with Gasteiger partial charge in [0.05, 0.1) is 6.61 Å². The van der Waals surface area contributed by atoms with Crippen LogP contribution in [0.5, 0.6) is 0 Å². The molecule has 0 N–H and O–H groups in total. The molecule has 0 atom stereocenters. The molecule has 0 amide bonds. The predicted molar refractivity (Wildman–Crippen MR) is 69.5 cm³/mol. The van der Waals surface area contributed by atoms with Gasteiger partial charge in [0.25, 0.3) is 0 Å². The van der Waals surface area contributed by atoms with E-state index in [-0.39, 0.29) is 0 Å². The molecule has 0 saturated carbocycles. The minimum Gasteiger partial charge on any atom is -0.377 e. The van der Waals surface area contributed by atoms with Gasteiger partial charge in [-0.25, -0.2) is 0 Å². The van der Waals surface area contributed by atoms with Gasteiger partial charge in [0.1, 0.15) is 0 Å². The largest absolute Gasteiger partial charge is 0.377 e. The van der Waals surface area contributed by atoms with Crippen LogP contribution in [-0.4, -0.2) is 6.61 Å². The maximum absolute atomic E-state index is 5.60. The van der Waals surface area contributed by atoms with Crippen molar-refractivity contribution in [3.8, 4) is 0 Å². The highest BCUT2D eigenvalue weighted by Gasteiger charge is 1.99. The molecule has 0 heterocycles. The van der Waals surface area contributed by atoms with Gasteiger partial charge in [0, 0.05) is 6.61 Å². The molecule has 0 spiro atoms. The molecule has 0 aromatic heterocycles. The van der Waals surface area contributed by atoms with Crippen molar-refractivity contribution in [1.82, 2.24) is 0 Å². The van der Waals surface area contributed by atoms with Gasteiger partial charge >= 0.3 is 0 Å². The summed E-state index contributed by atoms with van der Waals surface area (Å²) in [5.74, 6) is 1.34. The standard InChI is InChI=1S/C15H24O/c1-12(2)9-14-5-7-15(8-6-14)11-16-10-13(3)4/h5-8,12-13H,9-11H2,1-4H3. The summed E-state index contributed by atoms with van der Waals surface area (Å²) in [6.07, 6.45) is 1.16. The van der Waals surface area contributed by atoms with Crippen molar-refractivity contribution in [2.75, 3.05) is 6.61 Å². The lowest BCUT2D eigenvalue weighted by Crippen LogP contribution is -2.02. The van der Waals surface area contributed by atoms with Crippen LogP contribution in [0.1, 0.15) is 38.8 Å². The highest BCUT2D eigenvalue weighted by Crippen LogP contribution is 2.10. The lowest BCUT2D eigenvalue weighted by molar-refractivity contribution is 0.0971. The molecular weight excluding hydrogens is 196 g/mol. The van der Waals surface area contributed by atoms with Crippen molar-refractivity contribution < 1.29 is 4.74 Å². The van der Waals surface area contributed by atoms with E-state index in [9.17, 15) is 0 Å². The molecular formula is C15H24O. The molecule has 0 aliphatic carbocycles. The topological polar surface area (TPSA) is 9.23 Å². The van der Waals surface area contributed by atoms with Gasteiger partial charge in [0.2, 0.25) is 0 Å². The fourth-order valence-electron chi connectivity index (χ4n) is 1.66. The number of rotatable bonds is 6. The number of hydrogen-bond acceptors (Lipinski definition) is 1. The fourth-order valence-corrected chi connectivity index (χ4v) is 1.66. The second-order valence-corrected chi connectivity index (χ2v) is 5.32. The van der Waals surface area contributed by atoms with Crippen LogP contribution in [0.15, 0.2) is 24.3 Å². The van der Waals surface area contributed by atoms with Crippen LogP contribution >= 0.6 is 0 Å². The molecule has 1 aromatic rings. The van der Waals surface area contributed by atoms with Crippen molar-refractivity contribution in [2.45, 2.75) is 40.7 Å². The van der Waals surface area contributed by atoms with Crippen LogP contribution in [0, 0.1) is 11.8 Å². The zero-order valence-electron chi connectivity index (χ0n) is 11.0. The molecule has 0 radical (unpaired) electrons. The summed E-state index contributed by atoms with van der Waals surface area (Å²) < 4.78 is 5.60. The maximum atomic E-state index is 5.60. The van der Waals surface area contributed by atoms with Crippen LogP contribution in [-0.2, 0) is 17.8 Å². The molecule has 1 heteroatoms. The van der Waals surface area contributed by atoms with Crippen molar-refractivity contribution in [1.29, 1.82) is 0 Å². The number of ether oxygens (including phenoxy) is 1. The van der Waals surface area contributed by atoms with E-state index < -0.39 is 0 Å². The molecule has 0 unspecified atom stereocenters. The minimum atomic E-state index is 0.611. The molecule has 0 fully saturated rings. The minimum absolute atomic E-state index is 0.611. The Hall–Kier alpha value is -0.820. The first-order valence-electron chi connectivity index (χ1n) is 6.23. The second-order valence-electron chi connectivity index (χ2n) is 5.32. The van der Waals surface area contributed by atoms with Gasteiger partial charge in [-0.1, -0.05) is 52.0 Å². The summed E-state index contributed by atoms with van der Waals surface area (Å²) in [4.78, 5) is 0. The third-order valence-corrected chi connectivity index (χ3v) is 2.39. The van der Waals surface area contributed by atoms with Crippen LogP contribution in [0.4, 0.5) is 0 Å². The SMILES string of the molecule is CC(C)COCc1ccc(CC(C)C)cc1. The summed E-state index contributed by atoms with van der Waals surface area (Å²) >= 11 is 0. The van der Waals surface area contributed by atoms with Crippen LogP contribution in [0.3, 0.4) is 0 Å². The Kier molecular flexibility index (Phi) is 5.54. The second kappa shape index (κ2) is 6.70. The van der Waals surface area contributed by atoms with Gasteiger partial charge in [-0.3, -0.25) is 0 Å². The Bertz CT molecular complexity index is 285. The van der Waals surface area contributed by atoms with Gasteiger partial charge in [-0.05, 0) is 29.4 Å². The van der Waals surface area contributed by atoms with Gasteiger partial charge in [-0.2, -0.15) is 0 Å². The van der Waals surface area contributed by atoms with E-state index in [0.717, 1.165) is 25.6 Å². The molecule has 0 aliphatic rings. The van der Waals surface area contributed by atoms with Gasteiger partial charge < -0.3 is 4.74 Å². The predicted octanol–water partition coefficient (Wildman–Crippen LogP) is 4.06. The molecule has 1 nitrogen and oxygen atoms in total. The van der Waals surface area contributed by atoms with Crippen LogP contribution in [0.2, 0.25) is 0 Å². The Morgan fingerprint density at radius 2 is 1.44 bits per heavy atom. The molecule has 0 saturated heterocycles. The Morgan fingerprint density at radius 1 is 0.875 bits per heavy atom. The van der Waals surface area contributed by atoms with E-state index in [1.807, 2.05) is 0 Å². The number of benzene rings is 1. The first-order valence-corrected chi connectivity index (χ1v) is 6.23. The van der Waals surface area contributed by atoms with Gasteiger partial charge in [-0.15, -0.1) is 0 Å². The highest BCUT2D eigenvalue weighted by atomic mass is 16.5. The van der Waals surface area contributed by atoms with Crippen LogP contribution in [0.25, 0.3) is 0 Å². The Morgan fingerprint density at radius 3 is 1.94 bits per heavy atom. The highest BCUT2D eigenvalue weighted by molar-refractivity contribution is 5.22. The zero-order chi connectivity index (χ0) is 12.0. The van der Waals surface area contributed by atoms with E-state index >= 15 is 0 Å². The summed E-state index contributed by atoms with van der Waals surface area (Å²) in [6.45, 7) is 10.4. The molecule has 1 rings (SSSR count). The van der Waals surface area contributed by atoms with Crippen LogP contribution < -0.4 is 0 Å². The molecule has 0 aliphatic heterocycles. The summed E-state index contributed by atoms with van der Waals surface area (Å²) in [5.41, 5.74) is 2.69. The third-order valence-electron chi connectivity index (χ3n) is 2.39. The fraction of sp³-hybridized carbons (Fsp3) is 0.600. The van der Waals surface area contributed by atoms with Crippen molar-refractivity contribution in [3.05, 3.63) is 35.4 Å². The summed E-state index contributed by atoms with van der Waals surface area (Å²) in [6, 6.07) is 8.79. The average molecular weight is 220 g/mol. The zero-order valence-corrected chi connectivity index (χ0v) is 11.0. The van der Waals surface area contributed by atoms with E-state index in [0.29, 0.717) is 5.92 Å². The van der Waals surface area contributed by atoms with E-state index in [1.54, 1.807) is 0 Å². The Balaban J connectivity index is 2.39. The quantitative estimate of drug-likeness (QED) is 0.702. The van der Waals surface area contributed by atoms with Crippen molar-refractivity contribution in [2.24, 2.45) is 11.8 Å². The average Bonchev–Trinajstić information content (AvgIpc) is 2.19. The molecule has 1 aromatic carbocycles. The number of hydrogen-bond donors (Lipinski definition) is 0. The monoisotopic (exact) mass is 220 g/mol. The summed E-state index contributed by atoms with van der Waals surface area (Å²) in [7, 11) is 0. The van der Waals surface area contributed by atoms with E-state index in [1.165, 1.54) is 11.1 Å². The lowest BCUT2D eigenvalue weighted by atomic mass is 10.0. The molecule has 16 heavy (non-hydrogen) atoms. The van der Waals surface area contributed by atoms with E-state index in [4.69, 9.17) is 4.74 Å². The molecule has 0 bridgehead atoms. The molecule has 90 valence electrons. The smallest absolute Gasteiger partial charge is 0.0717 e. The normalized spacial score (nSPS) is 11.4. The van der Waals surface area contributed by atoms with Gasteiger partial charge in [0.15, 0.2) is 0 Å². The first kappa shape index (κ1) is 13.2. The lowest BCUT2D eigenvalue weighted by Gasteiger charge is -2.08. The maximum Gasteiger partial charge on any atom is 0.0717 e.